The first-order chi connectivity index (χ1) is 19.3. The van der Waals surface area contributed by atoms with Crippen LogP contribution < -0.4 is 4.74 Å². The average molecular weight is 501 g/mol. The molecular formula is C36H20O3. The summed E-state index contributed by atoms with van der Waals surface area (Å²) in [6.07, 6.45) is 0. The Morgan fingerprint density at radius 3 is 2.10 bits per heavy atom. The van der Waals surface area contributed by atoms with Crippen LogP contribution in [0.4, 0.5) is 0 Å². The molecule has 0 saturated carbocycles. The van der Waals surface area contributed by atoms with E-state index in [9.17, 15) is 0 Å². The van der Waals surface area contributed by atoms with Gasteiger partial charge >= 0.3 is 0 Å². The normalized spacial score (nSPS) is 12.3. The molecule has 0 spiro atoms. The summed E-state index contributed by atoms with van der Waals surface area (Å²) in [5, 5.41) is 6.79. The van der Waals surface area contributed by atoms with E-state index < -0.39 is 0 Å². The molecule has 0 unspecified atom stereocenters. The summed E-state index contributed by atoms with van der Waals surface area (Å²) < 4.78 is 19.1. The molecule has 0 N–H and O–H groups in total. The third-order valence-corrected chi connectivity index (χ3v) is 7.86. The molecule has 0 fully saturated rings. The zero-order valence-electron chi connectivity index (χ0n) is 20.8. The zero-order valence-corrected chi connectivity index (χ0v) is 20.8. The maximum atomic E-state index is 6.58. The molecular weight excluding hydrogens is 480 g/mol. The monoisotopic (exact) mass is 500 g/mol. The van der Waals surface area contributed by atoms with Crippen LogP contribution in [0.25, 0.3) is 77.3 Å². The maximum absolute atomic E-state index is 6.58. The Hall–Kier alpha value is -5.28. The van der Waals surface area contributed by atoms with E-state index in [1.54, 1.807) is 0 Å². The minimum Gasteiger partial charge on any atom is -0.456 e. The Balaban J connectivity index is 1.24. The lowest BCUT2D eigenvalue weighted by molar-refractivity contribution is 0.487. The van der Waals surface area contributed by atoms with Gasteiger partial charge in [-0.2, -0.15) is 0 Å². The van der Waals surface area contributed by atoms with Gasteiger partial charge in [-0.1, -0.05) is 66.7 Å². The first kappa shape index (κ1) is 20.7. The van der Waals surface area contributed by atoms with Crippen LogP contribution in [0.2, 0.25) is 0 Å². The summed E-state index contributed by atoms with van der Waals surface area (Å²) in [5.74, 6) is 3.41. The number of furan rings is 2. The van der Waals surface area contributed by atoms with Gasteiger partial charge in [-0.05, 0) is 76.3 Å². The number of ether oxygens (including phenoxy) is 1. The Kier molecular flexibility index (Phi) is 4.05. The molecule has 1 aliphatic heterocycles. The zero-order chi connectivity index (χ0) is 25.5. The topological polar surface area (TPSA) is 35.5 Å². The summed E-state index contributed by atoms with van der Waals surface area (Å²) in [7, 11) is 0. The van der Waals surface area contributed by atoms with Gasteiger partial charge in [0.2, 0.25) is 0 Å². The third kappa shape index (κ3) is 2.98. The molecule has 39 heavy (non-hydrogen) atoms. The molecule has 2 aromatic heterocycles. The van der Waals surface area contributed by atoms with Crippen molar-refractivity contribution in [3.63, 3.8) is 0 Å². The molecule has 0 radical (unpaired) electrons. The van der Waals surface area contributed by atoms with Gasteiger partial charge in [0.25, 0.3) is 0 Å². The van der Waals surface area contributed by atoms with Gasteiger partial charge in [-0.15, -0.1) is 0 Å². The SMILES string of the molecule is c1ccc2c(c1)Oc1cccc3cc(-c4ccc(-c5cccc6oc7cc8ccccc8cc7c56)o4)cc-2c13. The van der Waals surface area contributed by atoms with Gasteiger partial charge in [0, 0.05) is 32.8 Å². The Bertz CT molecular complexity index is 2260. The van der Waals surface area contributed by atoms with E-state index in [0.29, 0.717) is 0 Å². The van der Waals surface area contributed by atoms with E-state index in [1.165, 1.54) is 10.8 Å². The second-order valence-electron chi connectivity index (χ2n) is 10.1. The van der Waals surface area contributed by atoms with Crippen molar-refractivity contribution in [1.29, 1.82) is 0 Å². The van der Waals surface area contributed by atoms with Crippen LogP contribution >= 0.6 is 0 Å². The molecule has 3 heteroatoms. The molecule has 9 rings (SSSR count). The predicted molar refractivity (Wildman–Crippen MR) is 157 cm³/mol. The number of para-hydroxylation sites is 1. The fourth-order valence-electron chi connectivity index (χ4n) is 6.08. The number of hydrogen-bond donors (Lipinski definition) is 0. The van der Waals surface area contributed by atoms with Crippen LogP contribution in [0.1, 0.15) is 0 Å². The second kappa shape index (κ2) is 7.62. The standard InChI is InChI=1S/C36H20O3/c1-2-8-22-20-34-28(18-21(22)7-1)36-26(11-6-14-33(36)39-34)31-16-15-29(37-31)24-17-23-9-5-13-32-35(23)27(19-24)25-10-3-4-12-30(25)38-32/h1-20H. The lowest BCUT2D eigenvalue weighted by atomic mass is 9.92. The molecule has 8 aromatic rings. The van der Waals surface area contributed by atoms with E-state index in [-0.39, 0.29) is 0 Å². The van der Waals surface area contributed by atoms with E-state index >= 15 is 0 Å². The summed E-state index contributed by atoms with van der Waals surface area (Å²) in [4.78, 5) is 0. The minimum atomic E-state index is 0.817. The summed E-state index contributed by atoms with van der Waals surface area (Å²) in [5.41, 5.74) is 6.05. The van der Waals surface area contributed by atoms with Crippen LogP contribution in [-0.2, 0) is 0 Å². The van der Waals surface area contributed by atoms with Crippen molar-refractivity contribution < 1.29 is 13.6 Å². The van der Waals surface area contributed by atoms with Crippen molar-refractivity contribution in [1.82, 2.24) is 0 Å². The van der Waals surface area contributed by atoms with Crippen molar-refractivity contribution in [3.05, 3.63) is 121 Å². The molecule has 0 saturated heterocycles. The van der Waals surface area contributed by atoms with Crippen LogP contribution in [-0.4, -0.2) is 0 Å². The van der Waals surface area contributed by atoms with Crippen LogP contribution in [0.15, 0.2) is 130 Å². The summed E-state index contributed by atoms with van der Waals surface area (Å²) in [6.45, 7) is 0. The smallest absolute Gasteiger partial charge is 0.136 e. The highest BCUT2D eigenvalue weighted by atomic mass is 16.5. The van der Waals surface area contributed by atoms with Gasteiger partial charge in [0.15, 0.2) is 0 Å². The maximum Gasteiger partial charge on any atom is 0.136 e. The summed E-state index contributed by atoms with van der Waals surface area (Å²) in [6, 6.07) is 41.8. The lowest BCUT2D eigenvalue weighted by Gasteiger charge is -2.21. The number of hydrogen-bond acceptors (Lipinski definition) is 3. The highest BCUT2D eigenvalue weighted by Gasteiger charge is 2.22. The fourth-order valence-corrected chi connectivity index (χ4v) is 6.08. The van der Waals surface area contributed by atoms with Gasteiger partial charge in [-0.25, -0.2) is 0 Å². The second-order valence-corrected chi connectivity index (χ2v) is 10.1. The fraction of sp³-hybridized carbons (Fsp3) is 0. The highest BCUT2D eigenvalue weighted by Crippen LogP contribution is 2.48. The van der Waals surface area contributed by atoms with Crippen LogP contribution in [0, 0.1) is 0 Å². The third-order valence-electron chi connectivity index (χ3n) is 7.86. The highest BCUT2D eigenvalue weighted by molar-refractivity contribution is 6.15. The van der Waals surface area contributed by atoms with E-state index in [4.69, 9.17) is 13.6 Å². The Morgan fingerprint density at radius 1 is 0.410 bits per heavy atom. The van der Waals surface area contributed by atoms with Crippen molar-refractivity contribution >= 4 is 43.5 Å². The Labute approximate surface area is 223 Å². The van der Waals surface area contributed by atoms with Gasteiger partial charge in [0.1, 0.15) is 34.2 Å². The first-order valence-corrected chi connectivity index (χ1v) is 13.1. The quantitative estimate of drug-likeness (QED) is 0.237. The van der Waals surface area contributed by atoms with Gasteiger partial charge < -0.3 is 13.6 Å². The number of rotatable bonds is 2. The van der Waals surface area contributed by atoms with E-state index in [1.807, 2.05) is 36.4 Å². The summed E-state index contributed by atoms with van der Waals surface area (Å²) >= 11 is 0. The Morgan fingerprint density at radius 2 is 1.15 bits per heavy atom. The number of benzene rings is 6. The van der Waals surface area contributed by atoms with Crippen molar-refractivity contribution in [2.75, 3.05) is 0 Å². The molecule has 0 atom stereocenters. The van der Waals surface area contributed by atoms with Crippen molar-refractivity contribution in [2.24, 2.45) is 0 Å². The van der Waals surface area contributed by atoms with Gasteiger partial charge in [-0.3, -0.25) is 0 Å². The predicted octanol–water partition coefficient (Wildman–Crippen LogP) is 10.6. The molecule has 6 aromatic carbocycles. The first-order valence-electron chi connectivity index (χ1n) is 13.1. The van der Waals surface area contributed by atoms with Crippen LogP contribution in [0.3, 0.4) is 0 Å². The molecule has 1 aliphatic rings. The molecule has 3 nitrogen and oxygen atoms in total. The van der Waals surface area contributed by atoms with Crippen LogP contribution in [0.5, 0.6) is 11.5 Å². The molecule has 182 valence electrons. The average Bonchev–Trinajstić information content (AvgIpc) is 3.61. The van der Waals surface area contributed by atoms with E-state index in [0.717, 1.165) is 78.0 Å². The van der Waals surface area contributed by atoms with Crippen molar-refractivity contribution in [3.8, 4) is 45.3 Å². The van der Waals surface area contributed by atoms with Crippen molar-refractivity contribution in [2.45, 2.75) is 0 Å². The molecule has 0 bridgehead atoms. The minimum absolute atomic E-state index is 0.817. The molecule has 0 amide bonds. The molecule has 0 aliphatic carbocycles. The lowest BCUT2D eigenvalue weighted by Crippen LogP contribution is -1.97. The number of fused-ring (bicyclic) bond motifs is 6. The van der Waals surface area contributed by atoms with Gasteiger partial charge in [0.05, 0.1) is 0 Å². The molecule has 3 heterocycles. The van der Waals surface area contributed by atoms with E-state index in [2.05, 4.69) is 84.9 Å². The largest absolute Gasteiger partial charge is 0.456 e.